The van der Waals surface area contributed by atoms with Gasteiger partial charge in [-0.3, -0.25) is 4.79 Å². The zero-order chi connectivity index (χ0) is 16.1. The number of H-pyrrole nitrogens is 1. The molecule has 2 N–H and O–H groups in total. The number of amides is 2. The van der Waals surface area contributed by atoms with Gasteiger partial charge in [-0.05, 0) is 25.5 Å². The van der Waals surface area contributed by atoms with Crippen LogP contribution >= 0.6 is 0 Å². The Labute approximate surface area is 129 Å². The van der Waals surface area contributed by atoms with E-state index in [-0.39, 0.29) is 11.6 Å². The lowest BCUT2D eigenvalue weighted by molar-refractivity contribution is 0.204. The van der Waals surface area contributed by atoms with Crippen LogP contribution in [0.4, 0.5) is 4.79 Å². The largest absolute Gasteiger partial charge is 0.334 e. The highest BCUT2D eigenvalue weighted by atomic mass is 16.2. The van der Waals surface area contributed by atoms with Crippen LogP contribution in [0.15, 0.2) is 47.3 Å². The fourth-order valence-electron chi connectivity index (χ4n) is 2.36. The highest BCUT2D eigenvalue weighted by Gasteiger charge is 2.12. The van der Waals surface area contributed by atoms with Gasteiger partial charge >= 0.3 is 6.03 Å². The second kappa shape index (κ2) is 6.93. The second-order valence-corrected chi connectivity index (χ2v) is 5.33. The molecule has 116 valence electrons. The minimum atomic E-state index is -0.169. The number of rotatable bonds is 5. The van der Waals surface area contributed by atoms with Crippen LogP contribution in [0.5, 0.6) is 0 Å². The molecule has 0 fully saturated rings. The summed E-state index contributed by atoms with van der Waals surface area (Å²) < 4.78 is 0. The Balaban J connectivity index is 2.16. The Morgan fingerprint density at radius 2 is 2.09 bits per heavy atom. The lowest BCUT2D eigenvalue weighted by Crippen LogP contribution is -2.40. The van der Waals surface area contributed by atoms with E-state index in [0.717, 1.165) is 22.0 Å². The SMILES string of the molecule is C=C(C)CN(CC)C(=O)NCc1cc(=O)[nH]c2ccccc12. The van der Waals surface area contributed by atoms with Crippen molar-refractivity contribution in [3.63, 3.8) is 0 Å². The van der Waals surface area contributed by atoms with Gasteiger partial charge in [-0.15, -0.1) is 0 Å². The van der Waals surface area contributed by atoms with Gasteiger partial charge in [0.05, 0.1) is 0 Å². The summed E-state index contributed by atoms with van der Waals surface area (Å²) >= 11 is 0. The molecule has 22 heavy (non-hydrogen) atoms. The third-order valence-corrected chi connectivity index (χ3v) is 3.40. The van der Waals surface area contributed by atoms with E-state index in [2.05, 4.69) is 16.9 Å². The van der Waals surface area contributed by atoms with Crippen molar-refractivity contribution in [2.24, 2.45) is 0 Å². The number of carbonyl (C=O) groups excluding carboxylic acids is 1. The summed E-state index contributed by atoms with van der Waals surface area (Å²) in [5.74, 6) is 0. The summed E-state index contributed by atoms with van der Waals surface area (Å²) in [7, 11) is 0. The van der Waals surface area contributed by atoms with E-state index in [9.17, 15) is 9.59 Å². The van der Waals surface area contributed by atoms with E-state index in [4.69, 9.17) is 0 Å². The van der Waals surface area contributed by atoms with Crippen LogP contribution in [0.2, 0.25) is 0 Å². The fraction of sp³-hybridized carbons (Fsp3) is 0.294. The molecular formula is C17H21N3O2. The average molecular weight is 299 g/mol. The Hall–Kier alpha value is -2.56. The molecule has 0 aliphatic carbocycles. The number of aromatic nitrogens is 1. The van der Waals surface area contributed by atoms with E-state index in [1.807, 2.05) is 38.1 Å². The molecule has 0 bridgehead atoms. The van der Waals surface area contributed by atoms with Gasteiger partial charge in [0.25, 0.3) is 0 Å². The third-order valence-electron chi connectivity index (χ3n) is 3.40. The lowest BCUT2D eigenvalue weighted by atomic mass is 10.1. The maximum atomic E-state index is 12.2. The van der Waals surface area contributed by atoms with Gasteiger partial charge in [0, 0.05) is 36.6 Å². The quantitative estimate of drug-likeness (QED) is 0.834. The first-order valence-electron chi connectivity index (χ1n) is 7.29. The summed E-state index contributed by atoms with van der Waals surface area (Å²) in [6.45, 7) is 9.09. The molecule has 2 amide bonds. The first-order valence-corrected chi connectivity index (χ1v) is 7.29. The Morgan fingerprint density at radius 1 is 1.36 bits per heavy atom. The number of aromatic amines is 1. The molecule has 5 nitrogen and oxygen atoms in total. The number of urea groups is 1. The Kier molecular flexibility index (Phi) is 4.99. The summed E-state index contributed by atoms with van der Waals surface area (Å²) in [6, 6.07) is 8.92. The molecule has 0 aliphatic heterocycles. The maximum Gasteiger partial charge on any atom is 0.317 e. The van der Waals surface area contributed by atoms with E-state index < -0.39 is 0 Å². The molecule has 0 spiro atoms. The summed E-state index contributed by atoms with van der Waals surface area (Å²) in [5.41, 5.74) is 2.34. The van der Waals surface area contributed by atoms with Gasteiger partial charge in [0.15, 0.2) is 0 Å². The van der Waals surface area contributed by atoms with Crippen molar-refractivity contribution >= 4 is 16.9 Å². The Bertz CT molecular complexity index is 749. The standard InChI is InChI=1S/C17H21N3O2/c1-4-20(11-12(2)3)17(22)18-10-13-9-16(21)19-15-8-6-5-7-14(13)15/h5-9H,2,4,10-11H2,1,3H3,(H,18,22)(H,19,21). The number of hydrogen-bond donors (Lipinski definition) is 2. The van der Waals surface area contributed by atoms with Crippen LogP contribution in [0.3, 0.4) is 0 Å². The first-order chi connectivity index (χ1) is 10.5. The zero-order valence-electron chi connectivity index (χ0n) is 13.0. The van der Waals surface area contributed by atoms with Gasteiger partial charge in [-0.2, -0.15) is 0 Å². The first kappa shape index (κ1) is 15.8. The van der Waals surface area contributed by atoms with Crippen LogP contribution in [0, 0.1) is 0 Å². The molecule has 5 heteroatoms. The number of benzene rings is 1. The predicted octanol–water partition coefficient (Wildman–Crippen LogP) is 2.64. The number of para-hydroxylation sites is 1. The molecule has 1 heterocycles. The van der Waals surface area contributed by atoms with Crippen molar-refractivity contribution in [3.8, 4) is 0 Å². The summed E-state index contributed by atoms with van der Waals surface area (Å²) in [5, 5.41) is 3.80. The number of pyridine rings is 1. The van der Waals surface area contributed by atoms with Crippen molar-refractivity contribution in [1.82, 2.24) is 15.2 Å². The molecule has 1 aromatic carbocycles. The fourth-order valence-corrected chi connectivity index (χ4v) is 2.36. The molecule has 0 radical (unpaired) electrons. The lowest BCUT2D eigenvalue weighted by Gasteiger charge is -2.21. The van der Waals surface area contributed by atoms with Crippen molar-refractivity contribution in [1.29, 1.82) is 0 Å². The van der Waals surface area contributed by atoms with E-state index >= 15 is 0 Å². The topological polar surface area (TPSA) is 65.2 Å². The number of carbonyl (C=O) groups is 1. The van der Waals surface area contributed by atoms with Crippen molar-refractivity contribution in [2.45, 2.75) is 20.4 Å². The average Bonchev–Trinajstić information content (AvgIpc) is 2.49. The van der Waals surface area contributed by atoms with Gasteiger partial charge in [0.1, 0.15) is 0 Å². The Morgan fingerprint density at radius 3 is 2.77 bits per heavy atom. The summed E-state index contributed by atoms with van der Waals surface area (Å²) in [6.07, 6.45) is 0. The third kappa shape index (κ3) is 3.75. The van der Waals surface area contributed by atoms with Gasteiger partial charge in [-0.1, -0.05) is 30.4 Å². The molecule has 2 rings (SSSR count). The molecule has 1 aromatic heterocycles. The second-order valence-electron chi connectivity index (χ2n) is 5.33. The molecular weight excluding hydrogens is 278 g/mol. The van der Waals surface area contributed by atoms with E-state index in [1.165, 1.54) is 6.07 Å². The van der Waals surface area contributed by atoms with E-state index in [0.29, 0.717) is 19.6 Å². The van der Waals surface area contributed by atoms with Crippen LogP contribution in [0.1, 0.15) is 19.4 Å². The molecule has 0 saturated heterocycles. The molecule has 2 aromatic rings. The zero-order valence-corrected chi connectivity index (χ0v) is 13.0. The highest BCUT2D eigenvalue weighted by Crippen LogP contribution is 2.14. The monoisotopic (exact) mass is 299 g/mol. The van der Waals surface area contributed by atoms with Crippen LogP contribution in [-0.2, 0) is 6.54 Å². The molecule has 0 saturated carbocycles. The molecule has 0 atom stereocenters. The van der Waals surface area contributed by atoms with E-state index in [1.54, 1.807) is 4.90 Å². The number of fused-ring (bicyclic) bond motifs is 1. The smallest absolute Gasteiger partial charge is 0.317 e. The molecule has 0 unspecified atom stereocenters. The predicted molar refractivity (Wildman–Crippen MR) is 88.9 cm³/mol. The van der Waals surface area contributed by atoms with Gasteiger partial charge in [-0.25, -0.2) is 4.79 Å². The maximum absolute atomic E-state index is 12.2. The van der Waals surface area contributed by atoms with Crippen LogP contribution in [-0.4, -0.2) is 29.0 Å². The minimum absolute atomic E-state index is 0.158. The van der Waals surface area contributed by atoms with Crippen LogP contribution < -0.4 is 10.9 Å². The van der Waals surface area contributed by atoms with Crippen molar-refractivity contribution in [3.05, 3.63) is 58.4 Å². The van der Waals surface area contributed by atoms with Crippen LogP contribution in [0.25, 0.3) is 10.9 Å². The van der Waals surface area contributed by atoms with Crippen molar-refractivity contribution < 1.29 is 4.79 Å². The van der Waals surface area contributed by atoms with Gasteiger partial charge < -0.3 is 15.2 Å². The number of hydrogen-bond acceptors (Lipinski definition) is 2. The highest BCUT2D eigenvalue weighted by molar-refractivity contribution is 5.82. The van der Waals surface area contributed by atoms with Crippen molar-refractivity contribution in [2.75, 3.05) is 13.1 Å². The minimum Gasteiger partial charge on any atom is -0.334 e. The number of likely N-dealkylation sites (N-methyl/N-ethyl adjacent to an activating group) is 1. The number of nitrogens with zero attached hydrogens (tertiary/aromatic N) is 1. The molecule has 0 aliphatic rings. The number of nitrogens with one attached hydrogen (secondary N) is 2. The summed E-state index contributed by atoms with van der Waals surface area (Å²) in [4.78, 5) is 28.4. The van der Waals surface area contributed by atoms with Gasteiger partial charge in [0.2, 0.25) is 5.56 Å². The normalized spacial score (nSPS) is 10.5.